The molecular formula is C59H111N3O3. The van der Waals surface area contributed by atoms with E-state index in [-0.39, 0.29) is 18.3 Å². The minimum Gasteiger partial charge on any atom is -0.392 e. The van der Waals surface area contributed by atoms with Gasteiger partial charge < -0.3 is 25.5 Å². The third-order valence-corrected chi connectivity index (χ3v) is 12.5. The van der Waals surface area contributed by atoms with Gasteiger partial charge in [-0.2, -0.15) is 0 Å². The molecule has 0 aliphatic carbocycles. The highest BCUT2D eigenvalue weighted by Gasteiger charge is 2.17. The van der Waals surface area contributed by atoms with Crippen molar-refractivity contribution in [1.29, 1.82) is 0 Å². The van der Waals surface area contributed by atoms with Crippen molar-refractivity contribution in [2.24, 2.45) is 0 Å². The Bertz CT molecular complexity index is 1060. The number of hydrogen-bond acceptors (Lipinski definition) is 6. The molecule has 0 bridgehead atoms. The van der Waals surface area contributed by atoms with E-state index in [0.717, 1.165) is 84.0 Å². The highest BCUT2D eigenvalue weighted by atomic mass is 16.3. The zero-order chi connectivity index (χ0) is 47.4. The summed E-state index contributed by atoms with van der Waals surface area (Å²) >= 11 is 0. The first-order valence-corrected chi connectivity index (χ1v) is 28.0. The van der Waals surface area contributed by atoms with Gasteiger partial charge >= 0.3 is 0 Å². The minimum atomic E-state index is -0.357. The Labute approximate surface area is 405 Å². The van der Waals surface area contributed by atoms with E-state index in [1.54, 1.807) is 0 Å². The lowest BCUT2D eigenvalue weighted by Gasteiger charge is -2.29. The zero-order valence-corrected chi connectivity index (χ0v) is 43.7. The highest BCUT2D eigenvalue weighted by molar-refractivity contribution is 4.94. The van der Waals surface area contributed by atoms with Crippen molar-refractivity contribution >= 4 is 0 Å². The van der Waals surface area contributed by atoms with Crippen molar-refractivity contribution in [2.45, 2.75) is 251 Å². The largest absolute Gasteiger partial charge is 0.392 e. The molecule has 0 fully saturated rings. The fraction of sp³-hybridized carbons (Fsp3) is 0.797. The molecule has 0 amide bonds. The maximum Gasteiger partial charge on any atom is 0.0667 e. The molecule has 0 rings (SSSR count). The third kappa shape index (κ3) is 51.4. The van der Waals surface area contributed by atoms with Crippen LogP contribution in [-0.2, 0) is 0 Å². The van der Waals surface area contributed by atoms with Gasteiger partial charge in [-0.3, -0.25) is 4.90 Å². The first kappa shape index (κ1) is 63.2. The summed E-state index contributed by atoms with van der Waals surface area (Å²) < 4.78 is 0. The number of nitrogens with one attached hydrogen (secondary N) is 1. The number of aliphatic hydroxyl groups is 3. The topological polar surface area (TPSA) is 79.2 Å². The molecule has 0 saturated carbocycles. The highest BCUT2D eigenvalue weighted by Crippen LogP contribution is 2.14. The first-order chi connectivity index (χ1) is 31.9. The lowest BCUT2D eigenvalue weighted by molar-refractivity contribution is 0.0563. The van der Waals surface area contributed by atoms with E-state index in [1.165, 1.54) is 154 Å². The summed E-state index contributed by atoms with van der Waals surface area (Å²) in [6.45, 7) is 12.1. The Morgan fingerprint density at radius 3 is 1.06 bits per heavy atom. The van der Waals surface area contributed by atoms with Crippen molar-refractivity contribution in [2.75, 3.05) is 52.9 Å². The predicted molar refractivity (Wildman–Crippen MR) is 289 cm³/mol. The quantitative estimate of drug-likeness (QED) is 0.0360. The number of allylic oxidation sites excluding steroid dienone is 12. The Kier molecular flexibility index (Phi) is 51.7. The molecule has 3 unspecified atom stereocenters. The van der Waals surface area contributed by atoms with E-state index in [4.69, 9.17) is 0 Å². The molecule has 0 saturated heterocycles. The van der Waals surface area contributed by atoms with Gasteiger partial charge in [0.15, 0.2) is 0 Å². The van der Waals surface area contributed by atoms with Crippen LogP contribution in [0.4, 0.5) is 0 Å². The molecule has 6 nitrogen and oxygen atoms in total. The fourth-order valence-corrected chi connectivity index (χ4v) is 8.10. The van der Waals surface area contributed by atoms with Crippen LogP contribution in [0.2, 0.25) is 0 Å². The van der Waals surface area contributed by atoms with E-state index in [2.05, 4.69) is 116 Å². The summed E-state index contributed by atoms with van der Waals surface area (Å²) in [4.78, 5) is 4.65. The number of unbranched alkanes of at least 4 members (excludes halogenated alkanes) is 21. The summed E-state index contributed by atoms with van der Waals surface area (Å²) in [5.41, 5.74) is 0. The van der Waals surface area contributed by atoms with Crippen molar-refractivity contribution in [1.82, 2.24) is 15.1 Å². The molecule has 6 heteroatoms. The molecule has 4 N–H and O–H groups in total. The lowest BCUT2D eigenvalue weighted by Crippen LogP contribution is -2.43. The Morgan fingerprint density at radius 1 is 0.369 bits per heavy atom. The maximum absolute atomic E-state index is 11.1. The Hall–Kier alpha value is -1.80. The van der Waals surface area contributed by atoms with Crippen LogP contribution in [0, 0.1) is 0 Å². The molecule has 0 spiro atoms. The van der Waals surface area contributed by atoms with Gasteiger partial charge in [-0.25, -0.2) is 0 Å². The van der Waals surface area contributed by atoms with Gasteiger partial charge in [-0.15, -0.1) is 0 Å². The van der Waals surface area contributed by atoms with Gasteiger partial charge in [0.25, 0.3) is 0 Å². The monoisotopic (exact) mass is 910 g/mol. The summed E-state index contributed by atoms with van der Waals surface area (Å²) in [5.74, 6) is 0. The molecular weight excluding hydrogens is 799 g/mol. The molecule has 0 aromatic rings. The van der Waals surface area contributed by atoms with Gasteiger partial charge in [0, 0.05) is 45.8 Å². The zero-order valence-electron chi connectivity index (χ0n) is 43.7. The average molecular weight is 911 g/mol. The molecule has 0 heterocycles. The second-order valence-corrected chi connectivity index (χ2v) is 19.2. The third-order valence-electron chi connectivity index (χ3n) is 12.5. The molecule has 0 radical (unpaired) electrons. The average Bonchev–Trinajstić information content (AvgIpc) is 3.29. The maximum atomic E-state index is 11.1. The van der Waals surface area contributed by atoms with Gasteiger partial charge in [0.1, 0.15) is 0 Å². The number of rotatable bonds is 51. The molecule has 0 aliphatic rings. The van der Waals surface area contributed by atoms with Crippen LogP contribution in [0.1, 0.15) is 233 Å². The van der Waals surface area contributed by atoms with E-state index >= 15 is 0 Å². The van der Waals surface area contributed by atoms with E-state index < -0.39 is 0 Å². The van der Waals surface area contributed by atoms with E-state index in [1.807, 2.05) is 0 Å². The summed E-state index contributed by atoms with van der Waals surface area (Å²) in [6.07, 6.45) is 65.3. The van der Waals surface area contributed by atoms with Crippen LogP contribution >= 0.6 is 0 Å². The smallest absolute Gasteiger partial charge is 0.0667 e. The van der Waals surface area contributed by atoms with Gasteiger partial charge in [0.2, 0.25) is 0 Å². The molecule has 0 aromatic heterocycles. The van der Waals surface area contributed by atoms with Crippen LogP contribution in [0.5, 0.6) is 0 Å². The molecule has 0 aliphatic heterocycles. The van der Waals surface area contributed by atoms with Crippen LogP contribution < -0.4 is 5.32 Å². The second-order valence-electron chi connectivity index (χ2n) is 19.2. The Morgan fingerprint density at radius 2 is 0.692 bits per heavy atom. The summed E-state index contributed by atoms with van der Waals surface area (Å²) in [6, 6.07) is 0. The van der Waals surface area contributed by atoms with Crippen molar-refractivity contribution < 1.29 is 15.3 Å². The molecule has 380 valence electrons. The minimum absolute atomic E-state index is 0.281. The SMILES string of the molecule is CCCC/C=C\C/C=C\CCCCCCCC(O)CNCCN(C)CCN(CC(O)CCCCCCC/C=C\C/C=C\CCCC)CC(O)CCCCCCC/C=C\C/C=C\CCCC. The normalized spacial score (nSPS) is 14.2. The molecule has 65 heavy (non-hydrogen) atoms. The van der Waals surface area contributed by atoms with Crippen LogP contribution in [0.15, 0.2) is 72.9 Å². The first-order valence-electron chi connectivity index (χ1n) is 28.0. The van der Waals surface area contributed by atoms with Crippen molar-refractivity contribution in [3.8, 4) is 0 Å². The van der Waals surface area contributed by atoms with Crippen molar-refractivity contribution in [3.63, 3.8) is 0 Å². The van der Waals surface area contributed by atoms with Crippen LogP contribution in [0.3, 0.4) is 0 Å². The van der Waals surface area contributed by atoms with E-state index in [9.17, 15) is 15.3 Å². The van der Waals surface area contributed by atoms with Crippen LogP contribution in [0.25, 0.3) is 0 Å². The van der Waals surface area contributed by atoms with Crippen LogP contribution in [-0.4, -0.2) is 96.3 Å². The second kappa shape index (κ2) is 53.2. The fourth-order valence-electron chi connectivity index (χ4n) is 8.10. The van der Waals surface area contributed by atoms with E-state index in [0.29, 0.717) is 19.6 Å². The standard InChI is InChI=1S/C59H111N3O3/c1-5-8-11-14-17-20-23-26-29-32-35-38-41-44-47-57(63)54-60-50-51-61(4)52-53-62(55-58(64)48-45-42-39-36-33-30-27-24-21-18-15-12-9-6-2)56-59(65)49-46-43-40-37-34-31-28-25-22-19-16-13-10-7-3/h14-19,23-28,57-60,63-65H,5-13,20-22,29-56H2,1-4H3/b17-14-,18-15-,19-16-,26-23-,27-24-,28-25-. The number of hydrogen-bond donors (Lipinski definition) is 4. The van der Waals surface area contributed by atoms with Gasteiger partial charge in [-0.1, -0.05) is 209 Å². The number of nitrogens with zero attached hydrogens (tertiary/aromatic N) is 2. The van der Waals surface area contributed by atoms with Crippen molar-refractivity contribution in [3.05, 3.63) is 72.9 Å². The predicted octanol–water partition coefficient (Wildman–Crippen LogP) is 15.2. The van der Waals surface area contributed by atoms with Gasteiger partial charge in [-0.05, 0) is 103 Å². The molecule has 0 aromatic carbocycles. The lowest BCUT2D eigenvalue weighted by atomic mass is 10.1. The molecule has 3 atom stereocenters. The number of aliphatic hydroxyl groups excluding tert-OH is 3. The summed E-state index contributed by atoms with van der Waals surface area (Å²) in [7, 11) is 2.16. The number of likely N-dealkylation sites (N-methyl/N-ethyl adjacent to an activating group) is 1. The van der Waals surface area contributed by atoms with Gasteiger partial charge in [0.05, 0.1) is 18.3 Å². The Balaban J connectivity index is 4.47. The summed E-state index contributed by atoms with van der Waals surface area (Å²) in [5, 5.41) is 36.2.